The second-order valence-electron chi connectivity index (χ2n) is 6.22. The summed E-state index contributed by atoms with van der Waals surface area (Å²) in [6.45, 7) is 4.66. The molecule has 0 heterocycles. The van der Waals surface area contributed by atoms with Crippen molar-refractivity contribution in [2.75, 3.05) is 39.6 Å². The average Bonchev–Trinajstić information content (AvgIpc) is 2.51. The smallest absolute Gasteiger partial charge is 0.239 e. The van der Waals surface area contributed by atoms with E-state index in [0.29, 0.717) is 18.0 Å². The first-order chi connectivity index (χ1) is 10.8. The lowest BCUT2D eigenvalue weighted by Gasteiger charge is -2.23. The van der Waals surface area contributed by atoms with Gasteiger partial charge in [0.1, 0.15) is 11.2 Å². The molecular weight excluding hydrogens is 294 g/mol. The van der Waals surface area contributed by atoms with Gasteiger partial charge in [0.15, 0.2) is 0 Å². The molecule has 0 unspecified atom stereocenters. The topological polar surface area (TPSA) is 70.7 Å². The first-order valence-corrected chi connectivity index (χ1v) is 7.66. The van der Waals surface area contributed by atoms with Gasteiger partial charge in [-0.2, -0.15) is 0 Å². The van der Waals surface area contributed by atoms with Gasteiger partial charge in [0, 0.05) is 18.3 Å². The Morgan fingerprint density at radius 2 is 1.91 bits per heavy atom. The molecule has 0 bridgehead atoms. The van der Waals surface area contributed by atoms with Gasteiger partial charge in [0.05, 0.1) is 7.11 Å². The molecule has 0 spiro atoms. The standard InChI is InChI=1S/C17H27N3O3/c1-17(2,15(21)18-10-7-11-20(3)4)16(22)19-13-8-6-9-14(12-13)23-5/h6,8-9,12H,7,10-11H2,1-5H3,(H,18,21)(H,19,22). The van der Waals surface area contributed by atoms with Crippen LogP contribution >= 0.6 is 0 Å². The maximum absolute atomic E-state index is 12.4. The number of hydrogen-bond acceptors (Lipinski definition) is 4. The fourth-order valence-corrected chi connectivity index (χ4v) is 1.91. The molecule has 2 N–H and O–H groups in total. The lowest BCUT2D eigenvalue weighted by Crippen LogP contribution is -2.45. The predicted octanol–water partition coefficient (Wildman–Crippen LogP) is 1.73. The molecule has 0 aliphatic heterocycles. The van der Waals surface area contributed by atoms with Crippen LogP contribution in [0.1, 0.15) is 20.3 Å². The lowest BCUT2D eigenvalue weighted by molar-refractivity contribution is -0.138. The highest BCUT2D eigenvalue weighted by atomic mass is 16.5. The molecule has 6 heteroatoms. The van der Waals surface area contributed by atoms with Gasteiger partial charge in [-0.15, -0.1) is 0 Å². The number of benzene rings is 1. The van der Waals surface area contributed by atoms with Crippen molar-refractivity contribution < 1.29 is 14.3 Å². The van der Waals surface area contributed by atoms with E-state index in [1.54, 1.807) is 45.2 Å². The highest BCUT2D eigenvalue weighted by molar-refractivity contribution is 6.09. The van der Waals surface area contributed by atoms with Gasteiger partial charge in [-0.05, 0) is 53.0 Å². The van der Waals surface area contributed by atoms with E-state index in [1.807, 2.05) is 19.0 Å². The van der Waals surface area contributed by atoms with Crippen LogP contribution in [0.2, 0.25) is 0 Å². The van der Waals surface area contributed by atoms with Crippen LogP contribution in [0.25, 0.3) is 0 Å². The quantitative estimate of drug-likeness (QED) is 0.565. The molecule has 0 saturated heterocycles. The minimum atomic E-state index is -1.15. The number of nitrogens with one attached hydrogen (secondary N) is 2. The van der Waals surface area contributed by atoms with Gasteiger partial charge in [-0.3, -0.25) is 9.59 Å². The number of amides is 2. The highest BCUT2D eigenvalue weighted by Gasteiger charge is 2.35. The van der Waals surface area contributed by atoms with Crippen LogP contribution in [0.15, 0.2) is 24.3 Å². The molecule has 6 nitrogen and oxygen atoms in total. The molecule has 128 valence electrons. The molecule has 23 heavy (non-hydrogen) atoms. The molecule has 2 amide bonds. The molecule has 0 fully saturated rings. The van der Waals surface area contributed by atoms with Gasteiger partial charge in [-0.1, -0.05) is 6.07 Å². The van der Waals surface area contributed by atoms with Crippen LogP contribution in [0.3, 0.4) is 0 Å². The van der Waals surface area contributed by atoms with Crippen LogP contribution in [-0.2, 0) is 9.59 Å². The Morgan fingerprint density at radius 3 is 2.52 bits per heavy atom. The largest absolute Gasteiger partial charge is 0.497 e. The van der Waals surface area contributed by atoms with E-state index < -0.39 is 5.41 Å². The van der Waals surface area contributed by atoms with Crippen molar-refractivity contribution in [3.63, 3.8) is 0 Å². The van der Waals surface area contributed by atoms with Gasteiger partial charge in [0.25, 0.3) is 0 Å². The van der Waals surface area contributed by atoms with Gasteiger partial charge >= 0.3 is 0 Å². The number of hydrogen-bond donors (Lipinski definition) is 2. The zero-order valence-electron chi connectivity index (χ0n) is 14.6. The van der Waals surface area contributed by atoms with E-state index in [9.17, 15) is 9.59 Å². The molecule has 1 rings (SSSR count). The van der Waals surface area contributed by atoms with Crippen LogP contribution < -0.4 is 15.4 Å². The predicted molar refractivity (Wildman–Crippen MR) is 91.6 cm³/mol. The second-order valence-corrected chi connectivity index (χ2v) is 6.22. The number of ether oxygens (including phenoxy) is 1. The minimum absolute atomic E-state index is 0.281. The third kappa shape index (κ3) is 5.90. The molecular formula is C17H27N3O3. The number of carbonyl (C=O) groups excluding carboxylic acids is 2. The van der Waals surface area contributed by atoms with Crippen molar-refractivity contribution in [2.45, 2.75) is 20.3 Å². The van der Waals surface area contributed by atoms with Crippen LogP contribution in [0, 0.1) is 5.41 Å². The molecule has 0 aliphatic rings. The molecule has 0 radical (unpaired) electrons. The van der Waals surface area contributed by atoms with E-state index in [-0.39, 0.29) is 11.8 Å². The van der Waals surface area contributed by atoms with Crippen molar-refractivity contribution in [2.24, 2.45) is 5.41 Å². The van der Waals surface area contributed by atoms with E-state index in [2.05, 4.69) is 10.6 Å². The van der Waals surface area contributed by atoms with Gasteiger partial charge < -0.3 is 20.3 Å². The zero-order chi connectivity index (χ0) is 17.5. The van der Waals surface area contributed by atoms with Crippen molar-refractivity contribution in [1.29, 1.82) is 0 Å². The van der Waals surface area contributed by atoms with E-state index in [4.69, 9.17) is 4.74 Å². The van der Waals surface area contributed by atoms with Crippen LogP contribution in [0.4, 0.5) is 5.69 Å². The third-order valence-corrected chi connectivity index (χ3v) is 3.53. The Morgan fingerprint density at radius 1 is 1.22 bits per heavy atom. The normalized spacial score (nSPS) is 11.2. The molecule has 0 aliphatic carbocycles. The van der Waals surface area contributed by atoms with E-state index in [1.165, 1.54) is 0 Å². The molecule has 1 aromatic carbocycles. The summed E-state index contributed by atoms with van der Waals surface area (Å²) in [6.07, 6.45) is 0.840. The number of nitrogens with zero attached hydrogens (tertiary/aromatic N) is 1. The summed E-state index contributed by atoms with van der Waals surface area (Å²) in [4.78, 5) is 26.7. The fourth-order valence-electron chi connectivity index (χ4n) is 1.91. The summed E-state index contributed by atoms with van der Waals surface area (Å²) < 4.78 is 5.12. The Balaban J connectivity index is 2.59. The Kier molecular flexibility index (Phi) is 7.03. The molecule has 0 saturated carbocycles. The molecule has 0 aromatic heterocycles. The molecule has 1 aromatic rings. The van der Waals surface area contributed by atoms with Crippen molar-refractivity contribution in [3.8, 4) is 5.75 Å². The van der Waals surface area contributed by atoms with Gasteiger partial charge in [-0.25, -0.2) is 0 Å². The third-order valence-electron chi connectivity index (χ3n) is 3.53. The van der Waals surface area contributed by atoms with Crippen molar-refractivity contribution in [1.82, 2.24) is 10.2 Å². The summed E-state index contributed by atoms with van der Waals surface area (Å²) >= 11 is 0. The van der Waals surface area contributed by atoms with Crippen LogP contribution in [0.5, 0.6) is 5.75 Å². The maximum Gasteiger partial charge on any atom is 0.239 e. The number of carbonyl (C=O) groups is 2. The zero-order valence-corrected chi connectivity index (χ0v) is 14.6. The number of methoxy groups -OCH3 is 1. The summed E-state index contributed by atoms with van der Waals surface area (Å²) in [5.41, 5.74) is -0.552. The Hall–Kier alpha value is -2.08. The highest BCUT2D eigenvalue weighted by Crippen LogP contribution is 2.21. The number of anilines is 1. The maximum atomic E-state index is 12.4. The fraction of sp³-hybridized carbons (Fsp3) is 0.529. The summed E-state index contributed by atoms with van der Waals surface area (Å²) in [5, 5.41) is 5.57. The number of rotatable bonds is 8. The average molecular weight is 321 g/mol. The van der Waals surface area contributed by atoms with E-state index >= 15 is 0 Å². The van der Waals surface area contributed by atoms with Crippen molar-refractivity contribution in [3.05, 3.63) is 24.3 Å². The van der Waals surface area contributed by atoms with Crippen molar-refractivity contribution >= 4 is 17.5 Å². The minimum Gasteiger partial charge on any atom is -0.497 e. The summed E-state index contributed by atoms with van der Waals surface area (Å²) in [5.74, 6) is 0.0151. The van der Waals surface area contributed by atoms with Gasteiger partial charge in [0.2, 0.25) is 11.8 Å². The lowest BCUT2D eigenvalue weighted by atomic mass is 9.91. The SMILES string of the molecule is COc1cccc(NC(=O)C(C)(C)C(=O)NCCCN(C)C)c1. The summed E-state index contributed by atoms with van der Waals surface area (Å²) in [7, 11) is 5.52. The molecule has 0 atom stereocenters. The van der Waals surface area contributed by atoms with Crippen LogP contribution in [-0.4, -0.2) is 51.0 Å². The second kappa shape index (κ2) is 8.53. The Bertz CT molecular complexity index is 542. The first-order valence-electron chi connectivity index (χ1n) is 7.66. The van der Waals surface area contributed by atoms with E-state index in [0.717, 1.165) is 13.0 Å². The monoisotopic (exact) mass is 321 g/mol. The summed E-state index contributed by atoms with van der Waals surface area (Å²) in [6, 6.07) is 7.04. The first kappa shape index (κ1) is 19.0. The Labute approximate surface area is 138 Å².